The van der Waals surface area contributed by atoms with Gasteiger partial charge in [-0.05, 0) is 31.9 Å². The zero-order chi connectivity index (χ0) is 21.2. The first kappa shape index (κ1) is 23.4. The van der Waals surface area contributed by atoms with Crippen molar-refractivity contribution in [3.8, 4) is 5.75 Å². The molecule has 0 bridgehead atoms. The first-order valence-corrected chi connectivity index (χ1v) is 10.3. The quantitative estimate of drug-likeness (QED) is 0.595. The van der Waals surface area contributed by atoms with Crippen molar-refractivity contribution >= 4 is 11.8 Å². The lowest BCUT2D eigenvalue weighted by molar-refractivity contribution is -0.135. The average Bonchev–Trinajstić information content (AvgIpc) is 2.70. The molecule has 0 spiro atoms. The van der Waals surface area contributed by atoms with Gasteiger partial charge in [-0.2, -0.15) is 0 Å². The minimum Gasteiger partial charge on any atom is -0.410 e. The predicted molar refractivity (Wildman–Crippen MR) is 109 cm³/mol. The molecule has 0 saturated carbocycles. The Balaban J connectivity index is 2.29. The largest absolute Gasteiger partial charge is 0.412 e. The third-order valence-electron chi connectivity index (χ3n) is 4.46. The van der Waals surface area contributed by atoms with E-state index < -0.39 is 18.2 Å². The maximum Gasteiger partial charge on any atom is 0.412 e. The van der Waals surface area contributed by atoms with Gasteiger partial charge in [0, 0.05) is 44.8 Å². The number of anilines is 1. The van der Waals surface area contributed by atoms with Gasteiger partial charge in [-0.15, -0.1) is 0 Å². The number of carbonyl (C=O) groups excluding carboxylic acids is 1. The number of nitrogens with one attached hydrogen (secondary N) is 1. The van der Waals surface area contributed by atoms with E-state index in [0.29, 0.717) is 51.7 Å². The molecule has 2 rings (SSSR count). The van der Waals surface area contributed by atoms with Gasteiger partial charge in [-0.25, -0.2) is 9.18 Å². The number of carbonyl (C=O) groups is 1. The number of ether oxygens (including phenoxy) is 4. The molecule has 1 amide bonds. The van der Waals surface area contributed by atoms with Gasteiger partial charge in [0.2, 0.25) is 0 Å². The van der Waals surface area contributed by atoms with Crippen molar-refractivity contribution in [3.63, 3.8) is 0 Å². The first-order valence-electron chi connectivity index (χ1n) is 10.3. The summed E-state index contributed by atoms with van der Waals surface area (Å²) in [5, 5.41) is 2.69. The van der Waals surface area contributed by atoms with E-state index in [-0.39, 0.29) is 23.7 Å². The summed E-state index contributed by atoms with van der Waals surface area (Å²) in [5.41, 5.74) is 0.727. The van der Waals surface area contributed by atoms with Crippen LogP contribution in [0.4, 0.5) is 14.9 Å². The Morgan fingerprint density at radius 2 is 1.86 bits per heavy atom. The van der Waals surface area contributed by atoms with Crippen LogP contribution < -0.4 is 15.0 Å². The van der Waals surface area contributed by atoms with Crippen molar-refractivity contribution in [2.45, 2.75) is 40.4 Å². The van der Waals surface area contributed by atoms with E-state index in [0.717, 1.165) is 0 Å². The van der Waals surface area contributed by atoms with E-state index in [9.17, 15) is 4.79 Å². The molecule has 1 aromatic rings. The summed E-state index contributed by atoms with van der Waals surface area (Å²) in [6, 6.07) is 3.28. The van der Waals surface area contributed by atoms with Crippen molar-refractivity contribution in [1.82, 2.24) is 5.32 Å². The van der Waals surface area contributed by atoms with Crippen LogP contribution in [0.5, 0.6) is 5.75 Å². The van der Waals surface area contributed by atoms with Crippen LogP contribution in [0.3, 0.4) is 0 Å². The fraction of sp³-hybridized carbons (Fsp3) is 0.667. The van der Waals surface area contributed by atoms with Gasteiger partial charge in [0.1, 0.15) is 5.75 Å². The summed E-state index contributed by atoms with van der Waals surface area (Å²) < 4.78 is 37.5. The third kappa shape index (κ3) is 7.13. The molecule has 164 valence electrons. The number of morpholine rings is 1. The summed E-state index contributed by atoms with van der Waals surface area (Å²) in [6.45, 7) is 11.3. The minimum absolute atomic E-state index is 0.137. The monoisotopic (exact) mass is 412 g/mol. The standard InChI is InChI=1S/C21H33FN2O5/c1-5-27-19(28-6-2)13-16-18(29-21(25)23-14-15(3)4)8-7-17(20(16)22)24-9-11-26-12-10-24/h7-8,15,19H,5-6,9-14H2,1-4H3,(H,23,25). The zero-order valence-electron chi connectivity index (χ0n) is 17.8. The fourth-order valence-electron chi connectivity index (χ4n) is 3.05. The Kier molecular flexibility index (Phi) is 9.63. The molecule has 0 radical (unpaired) electrons. The second-order valence-corrected chi connectivity index (χ2v) is 7.18. The number of rotatable bonds is 10. The number of hydrogen-bond donors (Lipinski definition) is 1. The molecule has 1 fully saturated rings. The highest BCUT2D eigenvalue weighted by molar-refractivity contribution is 5.71. The van der Waals surface area contributed by atoms with E-state index in [1.807, 2.05) is 32.6 Å². The van der Waals surface area contributed by atoms with Gasteiger partial charge in [-0.1, -0.05) is 13.8 Å². The van der Waals surface area contributed by atoms with Crippen LogP contribution >= 0.6 is 0 Å². The maximum atomic E-state index is 15.5. The third-order valence-corrected chi connectivity index (χ3v) is 4.46. The lowest BCUT2D eigenvalue weighted by Crippen LogP contribution is -2.37. The van der Waals surface area contributed by atoms with Crippen LogP contribution in [0, 0.1) is 11.7 Å². The van der Waals surface area contributed by atoms with Crippen molar-refractivity contribution in [2.24, 2.45) is 5.92 Å². The molecule has 1 aromatic carbocycles. The Morgan fingerprint density at radius 3 is 2.45 bits per heavy atom. The minimum atomic E-state index is -0.625. The van der Waals surface area contributed by atoms with Gasteiger partial charge in [0.15, 0.2) is 12.1 Å². The van der Waals surface area contributed by atoms with E-state index in [1.54, 1.807) is 12.1 Å². The molecule has 29 heavy (non-hydrogen) atoms. The average molecular weight is 413 g/mol. The number of benzene rings is 1. The second-order valence-electron chi connectivity index (χ2n) is 7.18. The molecular formula is C21H33FN2O5. The zero-order valence-corrected chi connectivity index (χ0v) is 17.8. The van der Waals surface area contributed by atoms with Gasteiger partial charge in [-0.3, -0.25) is 0 Å². The Hall–Kier alpha value is -1.90. The molecule has 1 aliphatic rings. The summed E-state index contributed by atoms with van der Waals surface area (Å²) in [7, 11) is 0. The molecular weight excluding hydrogens is 379 g/mol. The topological polar surface area (TPSA) is 69.3 Å². The van der Waals surface area contributed by atoms with Crippen LogP contribution in [-0.4, -0.2) is 58.4 Å². The highest BCUT2D eigenvalue weighted by Gasteiger charge is 2.24. The lowest BCUT2D eigenvalue weighted by atomic mass is 10.1. The number of hydrogen-bond acceptors (Lipinski definition) is 6. The van der Waals surface area contributed by atoms with Crippen molar-refractivity contribution < 1.29 is 28.1 Å². The number of amides is 1. The molecule has 0 aliphatic carbocycles. The predicted octanol–water partition coefficient (Wildman–Crippen LogP) is 3.35. The highest BCUT2D eigenvalue weighted by atomic mass is 19.1. The number of halogens is 1. The van der Waals surface area contributed by atoms with Crippen molar-refractivity contribution in [1.29, 1.82) is 0 Å². The first-order chi connectivity index (χ1) is 14.0. The van der Waals surface area contributed by atoms with Crippen LogP contribution in [-0.2, 0) is 20.6 Å². The molecule has 0 atom stereocenters. The second kappa shape index (κ2) is 11.9. The van der Waals surface area contributed by atoms with Crippen LogP contribution in [0.1, 0.15) is 33.3 Å². The van der Waals surface area contributed by atoms with Crippen molar-refractivity contribution in [2.75, 3.05) is 51.0 Å². The lowest BCUT2D eigenvalue weighted by Gasteiger charge is -2.30. The normalized spacial score (nSPS) is 14.5. The summed E-state index contributed by atoms with van der Waals surface area (Å²) in [5.74, 6) is 0.0263. The van der Waals surface area contributed by atoms with E-state index >= 15 is 4.39 Å². The molecule has 8 heteroatoms. The van der Waals surface area contributed by atoms with Crippen LogP contribution in [0.25, 0.3) is 0 Å². The molecule has 1 heterocycles. The van der Waals surface area contributed by atoms with Gasteiger partial charge in [0.05, 0.1) is 18.9 Å². The Labute approximate surface area is 172 Å². The Bertz CT molecular complexity index is 644. The maximum absolute atomic E-state index is 15.5. The molecule has 7 nitrogen and oxygen atoms in total. The highest BCUT2D eigenvalue weighted by Crippen LogP contribution is 2.32. The summed E-state index contributed by atoms with van der Waals surface area (Å²) in [6.07, 6.45) is -1.10. The van der Waals surface area contributed by atoms with Crippen LogP contribution in [0.2, 0.25) is 0 Å². The molecule has 1 aliphatic heterocycles. The molecule has 1 saturated heterocycles. The van der Waals surface area contributed by atoms with Crippen molar-refractivity contribution in [3.05, 3.63) is 23.5 Å². The summed E-state index contributed by atoms with van der Waals surface area (Å²) >= 11 is 0. The molecule has 1 N–H and O–H groups in total. The SMILES string of the molecule is CCOC(Cc1c(OC(=O)NCC(C)C)ccc(N2CCOCC2)c1F)OCC. The smallest absolute Gasteiger partial charge is 0.410 e. The van der Waals surface area contributed by atoms with E-state index in [2.05, 4.69) is 5.32 Å². The molecule has 0 unspecified atom stereocenters. The van der Waals surface area contributed by atoms with E-state index in [1.165, 1.54) is 0 Å². The van der Waals surface area contributed by atoms with E-state index in [4.69, 9.17) is 18.9 Å². The van der Waals surface area contributed by atoms with Crippen LogP contribution in [0.15, 0.2) is 12.1 Å². The number of nitrogens with zero attached hydrogens (tertiary/aromatic N) is 1. The van der Waals surface area contributed by atoms with Gasteiger partial charge >= 0.3 is 6.09 Å². The van der Waals surface area contributed by atoms with Gasteiger partial charge in [0.25, 0.3) is 0 Å². The summed E-state index contributed by atoms with van der Waals surface area (Å²) in [4.78, 5) is 14.1. The van der Waals surface area contributed by atoms with Gasteiger partial charge < -0.3 is 29.2 Å². The molecule has 0 aromatic heterocycles. The fourth-order valence-corrected chi connectivity index (χ4v) is 3.05. The Morgan fingerprint density at radius 1 is 1.21 bits per heavy atom.